The average molecular weight is 276 g/mol. The number of aliphatic hydroxyl groups excluding tert-OH is 2. The molecule has 0 atom stereocenters. The van der Waals surface area contributed by atoms with E-state index in [1.165, 1.54) is 19.6 Å². The Morgan fingerprint density at radius 2 is 1.11 bits per heavy atom. The third-order valence-corrected chi connectivity index (χ3v) is 5.35. The first-order valence-corrected chi connectivity index (χ1v) is 7.27. The van der Waals surface area contributed by atoms with E-state index in [9.17, 15) is 0 Å². The van der Waals surface area contributed by atoms with E-state index in [0.717, 1.165) is 11.1 Å². The fraction of sp³-hybridized carbons (Fsp3) is 0.143. The first-order valence-electron chi connectivity index (χ1n) is 5.63. The van der Waals surface area contributed by atoms with Gasteiger partial charge in [0.15, 0.2) is 0 Å². The lowest BCUT2D eigenvalue weighted by Crippen LogP contribution is -1.93. The number of hydrogen-bond acceptors (Lipinski definition) is 4. The van der Waals surface area contributed by atoms with Crippen LogP contribution >= 0.6 is 23.5 Å². The fourth-order valence-electron chi connectivity index (χ4n) is 1.87. The highest BCUT2D eigenvalue weighted by molar-refractivity contribution is 8.05. The third-order valence-electron chi connectivity index (χ3n) is 2.82. The van der Waals surface area contributed by atoms with E-state index in [0.29, 0.717) is 0 Å². The van der Waals surface area contributed by atoms with Gasteiger partial charge in [-0.2, -0.15) is 0 Å². The zero-order valence-electron chi connectivity index (χ0n) is 9.59. The quantitative estimate of drug-likeness (QED) is 0.753. The van der Waals surface area contributed by atoms with Gasteiger partial charge in [0.2, 0.25) is 0 Å². The molecular formula is C14H12O2S2. The molecule has 2 aromatic carbocycles. The van der Waals surface area contributed by atoms with Gasteiger partial charge >= 0.3 is 0 Å². The van der Waals surface area contributed by atoms with Crippen molar-refractivity contribution in [3.8, 4) is 0 Å². The van der Waals surface area contributed by atoms with Gasteiger partial charge in [0.05, 0.1) is 13.2 Å². The van der Waals surface area contributed by atoms with Gasteiger partial charge in [-0.3, -0.25) is 0 Å². The summed E-state index contributed by atoms with van der Waals surface area (Å²) in [7, 11) is 0. The van der Waals surface area contributed by atoms with E-state index in [1.807, 2.05) is 36.4 Å². The summed E-state index contributed by atoms with van der Waals surface area (Å²) in [5.41, 5.74) is 1.88. The van der Waals surface area contributed by atoms with E-state index in [2.05, 4.69) is 0 Å². The van der Waals surface area contributed by atoms with Crippen LogP contribution in [0, 0.1) is 0 Å². The van der Waals surface area contributed by atoms with Crippen molar-refractivity contribution in [3.63, 3.8) is 0 Å². The Labute approximate surface area is 114 Å². The second-order valence-corrected chi connectivity index (χ2v) is 6.25. The van der Waals surface area contributed by atoms with Crippen LogP contribution in [-0.4, -0.2) is 10.2 Å². The van der Waals surface area contributed by atoms with Crippen molar-refractivity contribution in [2.24, 2.45) is 0 Å². The number of hydrogen-bond donors (Lipinski definition) is 2. The van der Waals surface area contributed by atoms with Gasteiger partial charge in [-0.25, -0.2) is 0 Å². The van der Waals surface area contributed by atoms with Crippen LogP contribution in [0.5, 0.6) is 0 Å². The van der Waals surface area contributed by atoms with E-state index in [-0.39, 0.29) is 13.2 Å². The molecule has 0 fully saturated rings. The topological polar surface area (TPSA) is 40.5 Å². The number of fused-ring (bicyclic) bond motifs is 2. The summed E-state index contributed by atoms with van der Waals surface area (Å²) < 4.78 is 0. The molecule has 2 aromatic rings. The zero-order valence-corrected chi connectivity index (χ0v) is 11.2. The number of benzene rings is 2. The second-order valence-electron chi connectivity index (χ2n) is 4.08. The highest BCUT2D eigenvalue weighted by Crippen LogP contribution is 2.48. The predicted molar refractivity (Wildman–Crippen MR) is 73.0 cm³/mol. The molecule has 2 nitrogen and oxygen atoms in total. The minimum Gasteiger partial charge on any atom is -0.392 e. The van der Waals surface area contributed by atoms with Crippen LogP contribution in [0.3, 0.4) is 0 Å². The molecular weight excluding hydrogens is 264 g/mol. The molecule has 18 heavy (non-hydrogen) atoms. The lowest BCUT2D eigenvalue weighted by atomic mass is 10.2. The van der Waals surface area contributed by atoms with Crippen LogP contribution in [0.25, 0.3) is 0 Å². The molecule has 92 valence electrons. The van der Waals surface area contributed by atoms with Crippen molar-refractivity contribution in [3.05, 3.63) is 47.5 Å². The van der Waals surface area contributed by atoms with Gasteiger partial charge in [-0.05, 0) is 35.4 Å². The fourth-order valence-corrected chi connectivity index (χ4v) is 4.19. The monoisotopic (exact) mass is 276 g/mol. The van der Waals surface area contributed by atoms with Gasteiger partial charge < -0.3 is 10.2 Å². The lowest BCUT2D eigenvalue weighted by Gasteiger charge is -2.19. The molecule has 4 heteroatoms. The van der Waals surface area contributed by atoms with Gasteiger partial charge in [-0.15, -0.1) is 0 Å². The van der Waals surface area contributed by atoms with Crippen molar-refractivity contribution in [2.45, 2.75) is 32.8 Å². The van der Waals surface area contributed by atoms with Gasteiger partial charge in [-0.1, -0.05) is 35.7 Å². The Kier molecular flexibility index (Phi) is 3.35. The van der Waals surface area contributed by atoms with Crippen LogP contribution < -0.4 is 0 Å². The zero-order chi connectivity index (χ0) is 12.5. The molecule has 0 saturated heterocycles. The van der Waals surface area contributed by atoms with Crippen molar-refractivity contribution in [2.75, 3.05) is 0 Å². The highest BCUT2D eigenvalue weighted by Gasteiger charge is 2.17. The van der Waals surface area contributed by atoms with E-state index in [4.69, 9.17) is 10.2 Å². The molecule has 0 unspecified atom stereocenters. The average Bonchev–Trinajstić information content (AvgIpc) is 2.43. The maximum absolute atomic E-state index is 9.16. The van der Waals surface area contributed by atoms with Crippen LogP contribution in [0.15, 0.2) is 56.0 Å². The Balaban J connectivity index is 2.00. The van der Waals surface area contributed by atoms with E-state index < -0.39 is 0 Å². The molecule has 0 saturated carbocycles. The Hall–Kier alpha value is -0.940. The maximum Gasteiger partial charge on any atom is 0.0682 e. The summed E-state index contributed by atoms with van der Waals surface area (Å²) >= 11 is 3.44. The minimum absolute atomic E-state index is 0.0782. The minimum atomic E-state index is 0.0782. The first-order chi connectivity index (χ1) is 8.80. The van der Waals surface area contributed by atoms with Crippen molar-refractivity contribution in [1.82, 2.24) is 0 Å². The second kappa shape index (κ2) is 4.97. The molecule has 3 rings (SSSR count). The van der Waals surface area contributed by atoms with Gasteiger partial charge in [0.1, 0.15) is 0 Å². The molecule has 0 aromatic heterocycles. The molecule has 0 spiro atoms. The SMILES string of the molecule is OCc1ccc2c(c1)Sc1ccc(CO)cc1S2. The molecule has 2 N–H and O–H groups in total. The number of rotatable bonds is 2. The molecule has 1 heterocycles. The van der Waals surface area contributed by atoms with Crippen LogP contribution in [0.2, 0.25) is 0 Å². The third kappa shape index (κ3) is 2.17. The summed E-state index contributed by atoms with van der Waals surface area (Å²) in [6.07, 6.45) is 0. The summed E-state index contributed by atoms with van der Waals surface area (Å²) in [4.78, 5) is 4.80. The summed E-state index contributed by atoms with van der Waals surface area (Å²) in [5, 5.41) is 18.3. The highest BCUT2D eigenvalue weighted by atomic mass is 32.2. The summed E-state index contributed by atoms with van der Waals surface area (Å²) in [6.45, 7) is 0.156. The van der Waals surface area contributed by atoms with Crippen LogP contribution in [0.1, 0.15) is 11.1 Å². The molecule has 0 radical (unpaired) electrons. The van der Waals surface area contributed by atoms with E-state index in [1.54, 1.807) is 23.5 Å². The van der Waals surface area contributed by atoms with Crippen molar-refractivity contribution >= 4 is 23.5 Å². The Morgan fingerprint density at radius 3 is 1.50 bits per heavy atom. The maximum atomic E-state index is 9.16. The van der Waals surface area contributed by atoms with Crippen LogP contribution in [0.4, 0.5) is 0 Å². The van der Waals surface area contributed by atoms with Crippen molar-refractivity contribution < 1.29 is 10.2 Å². The first kappa shape index (κ1) is 12.1. The normalized spacial score (nSPS) is 13.0. The smallest absolute Gasteiger partial charge is 0.0682 e. The number of aliphatic hydroxyl groups is 2. The summed E-state index contributed by atoms with van der Waals surface area (Å²) in [6, 6.07) is 12.1. The van der Waals surface area contributed by atoms with Gasteiger partial charge in [0, 0.05) is 19.6 Å². The van der Waals surface area contributed by atoms with Crippen molar-refractivity contribution in [1.29, 1.82) is 0 Å². The molecule has 1 aliphatic rings. The molecule has 0 bridgehead atoms. The van der Waals surface area contributed by atoms with Crippen LogP contribution in [-0.2, 0) is 13.2 Å². The Morgan fingerprint density at radius 1 is 0.667 bits per heavy atom. The summed E-state index contributed by atoms with van der Waals surface area (Å²) in [5.74, 6) is 0. The molecule has 1 aliphatic heterocycles. The van der Waals surface area contributed by atoms with E-state index >= 15 is 0 Å². The molecule has 0 amide bonds. The van der Waals surface area contributed by atoms with Gasteiger partial charge in [0.25, 0.3) is 0 Å². The predicted octanol–water partition coefficient (Wildman–Crippen LogP) is 3.29. The molecule has 0 aliphatic carbocycles. The standard InChI is InChI=1S/C14H12O2S2/c15-7-9-1-3-11-13(5-9)18-12-4-2-10(8-16)6-14(12)17-11/h1-6,15-16H,7-8H2. The largest absolute Gasteiger partial charge is 0.392 e. The Bertz CT molecular complexity index is 543. The lowest BCUT2D eigenvalue weighted by molar-refractivity contribution is 0.281.